The Labute approximate surface area is 130 Å². The van der Waals surface area contributed by atoms with Gasteiger partial charge in [0.15, 0.2) is 5.78 Å². The van der Waals surface area contributed by atoms with Crippen molar-refractivity contribution in [3.8, 4) is 16.9 Å². The first-order chi connectivity index (χ1) is 10.8. The van der Waals surface area contributed by atoms with Crippen molar-refractivity contribution in [3.05, 3.63) is 90.0 Å². The number of carbonyl (C=O) groups excluding carboxylic acids is 1. The summed E-state index contributed by atoms with van der Waals surface area (Å²) in [5.74, 6) is 0.700. The molecular formula is C20H16O2. The van der Waals surface area contributed by atoms with Gasteiger partial charge in [-0.25, -0.2) is 0 Å². The Bertz CT molecular complexity index is 777. The molecule has 2 heteroatoms. The summed E-state index contributed by atoms with van der Waals surface area (Å²) in [5, 5.41) is 0. The van der Waals surface area contributed by atoms with Crippen molar-refractivity contribution in [1.29, 1.82) is 0 Å². The highest BCUT2D eigenvalue weighted by Gasteiger charge is 2.18. The average Bonchev–Trinajstić information content (AvgIpc) is 2.62. The van der Waals surface area contributed by atoms with Crippen LogP contribution < -0.4 is 4.74 Å². The Balaban J connectivity index is 2.18. The summed E-state index contributed by atoms with van der Waals surface area (Å²) in [5.41, 5.74) is 3.13. The molecule has 3 aromatic rings. The quantitative estimate of drug-likeness (QED) is 0.656. The van der Waals surface area contributed by atoms with Gasteiger partial charge in [0.1, 0.15) is 5.75 Å². The van der Waals surface area contributed by atoms with Crippen LogP contribution in [0.5, 0.6) is 5.75 Å². The Morgan fingerprint density at radius 2 is 1.41 bits per heavy atom. The second-order valence-electron chi connectivity index (χ2n) is 4.94. The zero-order chi connectivity index (χ0) is 15.4. The predicted octanol–water partition coefficient (Wildman–Crippen LogP) is 4.59. The van der Waals surface area contributed by atoms with Crippen LogP contribution in [-0.2, 0) is 0 Å². The number of hydrogen-bond acceptors (Lipinski definition) is 2. The molecule has 0 aliphatic carbocycles. The van der Waals surface area contributed by atoms with E-state index >= 15 is 0 Å². The SMILES string of the molecule is COc1cccc(C(=O)c2ccccc2)c1-c1ccccc1. The zero-order valence-corrected chi connectivity index (χ0v) is 12.3. The van der Waals surface area contributed by atoms with E-state index in [0.29, 0.717) is 16.9 Å². The summed E-state index contributed by atoms with van der Waals surface area (Å²) in [7, 11) is 1.62. The van der Waals surface area contributed by atoms with Gasteiger partial charge in [-0.2, -0.15) is 0 Å². The largest absolute Gasteiger partial charge is 0.496 e. The highest BCUT2D eigenvalue weighted by Crippen LogP contribution is 2.34. The van der Waals surface area contributed by atoms with Crippen molar-refractivity contribution >= 4 is 5.78 Å². The molecule has 3 aromatic carbocycles. The van der Waals surface area contributed by atoms with E-state index in [4.69, 9.17) is 4.74 Å². The van der Waals surface area contributed by atoms with Crippen LogP contribution in [0.25, 0.3) is 11.1 Å². The van der Waals surface area contributed by atoms with Gasteiger partial charge in [-0.15, -0.1) is 0 Å². The maximum absolute atomic E-state index is 12.9. The maximum atomic E-state index is 12.9. The van der Waals surface area contributed by atoms with Crippen molar-refractivity contribution in [2.24, 2.45) is 0 Å². The lowest BCUT2D eigenvalue weighted by molar-refractivity contribution is 0.103. The lowest BCUT2D eigenvalue weighted by Crippen LogP contribution is -2.04. The first kappa shape index (κ1) is 14.1. The molecule has 0 fully saturated rings. The summed E-state index contributed by atoms with van der Waals surface area (Å²) >= 11 is 0. The molecule has 22 heavy (non-hydrogen) atoms. The molecule has 0 heterocycles. The molecule has 0 atom stereocenters. The third-order valence-electron chi connectivity index (χ3n) is 3.59. The minimum atomic E-state index is -0.00152. The number of rotatable bonds is 4. The fourth-order valence-corrected chi connectivity index (χ4v) is 2.54. The van der Waals surface area contributed by atoms with Crippen LogP contribution in [0.2, 0.25) is 0 Å². The first-order valence-electron chi connectivity index (χ1n) is 7.13. The van der Waals surface area contributed by atoms with Gasteiger partial charge in [0, 0.05) is 16.7 Å². The number of ketones is 1. The summed E-state index contributed by atoms with van der Waals surface area (Å²) in [6.45, 7) is 0. The normalized spacial score (nSPS) is 10.2. The fourth-order valence-electron chi connectivity index (χ4n) is 2.54. The minimum absolute atomic E-state index is 0.00152. The van der Waals surface area contributed by atoms with Crippen molar-refractivity contribution in [3.63, 3.8) is 0 Å². The Morgan fingerprint density at radius 1 is 0.773 bits per heavy atom. The Kier molecular flexibility index (Phi) is 4.01. The van der Waals surface area contributed by atoms with E-state index in [-0.39, 0.29) is 5.78 Å². The third kappa shape index (κ3) is 2.63. The number of benzene rings is 3. The van der Waals surface area contributed by atoms with Gasteiger partial charge in [-0.1, -0.05) is 72.8 Å². The van der Waals surface area contributed by atoms with Gasteiger partial charge in [0.2, 0.25) is 0 Å². The van der Waals surface area contributed by atoms with Crippen molar-refractivity contribution in [2.45, 2.75) is 0 Å². The topological polar surface area (TPSA) is 26.3 Å². The van der Waals surface area contributed by atoms with Gasteiger partial charge in [0.05, 0.1) is 7.11 Å². The summed E-state index contributed by atoms with van der Waals surface area (Å²) in [4.78, 5) is 12.9. The van der Waals surface area contributed by atoms with Gasteiger partial charge in [-0.3, -0.25) is 4.79 Å². The van der Waals surface area contributed by atoms with E-state index in [9.17, 15) is 4.79 Å². The van der Waals surface area contributed by atoms with Crippen LogP contribution in [0.1, 0.15) is 15.9 Å². The van der Waals surface area contributed by atoms with E-state index < -0.39 is 0 Å². The van der Waals surface area contributed by atoms with Crippen LogP contribution >= 0.6 is 0 Å². The summed E-state index contributed by atoms with van der Waals surface area (Å²) < 4.78 is 5.47. The van der Waals surface area contributed by atoms with E-state index in [1.807, 2.05) is 78.9 Å². The second kappa shape index (κ2) is 6.27. The molecule has 0 aromatic heterocycles. The molecule has 0 aliphatic heterocycles. The van der Waals surface area contributed by atoms with Crippen molar-refractivity contribution < 1.29 is 9.53 Å². The average molecular weight is 288 g/mol. The van der Waals surface area contributed by atoms with E-state index in [1.165, 1.54) is 0 Å². The molecule has 0 unspecified atom stereocenters. The summed E-state index contributed by atoms with van der Waals surface area (Å²) in [6.07, 6.45) is 0. The number of ether oxygens (including phenoxy) is 1. The lowest BCUT2D eigenvalue weighted by Gasteiger charge is -2.13. The molecule has 3 rings (SSSR count). The van der Waals surface area contributed by atoms with Gasteiger partial charge in [0.25, 0.3) is 0 Å². The predicted molar refractivity (Wildman–Crippen MR) is 88.3 cm³/mol. The van der Waals surface area contributed by atoms with Gasteiger partial charge >= 0.3 is 0 Å². The lowest BCUT2D eigenvalue weighted by atomic mass is 9.93. The highest BCUT2D eigenvalue weighted by atomic mass is 16.5. The van der Waals surface area contributed by atoms with Crippen LogP contribution in [-0.4, -0.2) is 12.9 Å². The monoisotopic (exact) mass is 288 g/mol. The molecule has 0 spiro atoms. The smallest absolute Gasteiger partial charge is 0.193 e. The van der Waals surface area contributed by atoms with Crippen LogP contribution in [0.4, 0.5) is 0 Å². The highest BCUT2D eigenvalue weighted by molar-refractivity contribution is 6.13. The van der Waals surface area contributed by atoms with E-state index in [0.717, 1.165) is 11.1 Å². The zero-order valence-electron chi connectivity index (χ0n) is 12.3. The van der Waals surface area contributed by atoms with Crippen LogP contribution in [0.15, 0.2) is 78.9 Å². The molecule has 108 valence electrons. The molecule has 0 radical (unpaired) electrons. The maximum Gasteiger partial charge on any atom is 0.193 e. The summed E-state index contributed by atoms with van der Waals surface area (Å²) in [6, 6.07) is 24.7. The number of hydrogen-bond donors (Lipinski definition) is 0. The minimum Gasteiger partial charge on any atom is -0.496 e. The second-order valence-corrected chi connectivity index (χ2v) is 4.94. The first-order valence-corrected chi connectivity index (χ1v) is 7.13. The molecule has 0 saturated carbocycles. The molecule has 0 aliphatic rings. The molecule has 0 saturated heterocycles. The Hall–Kier alpha value is -2.87. The van der Waals surface area contributed by atoms with Crippen LogP contribution in [0.3, 0.4) is 0 Å². The van der Waals surface area contributed by atoms with Crippen LogP contribution in [0, 0.1) is 0 Å². The van der Waals surface area contributed by atoms with E-state index in [2.05, 4.69) is 0 Å². The van der Waals surface area contributed by atoms with Gasteiger partial charge in [-0.05, 0) is 11.6 Å². The molecular weight excluding hydrogens is 272 g/mol. The van der Waals surface area contributed by atoms with Crippen molar-refractivity contribution in [2.75, 3.05) is 7.11 Å². The Morgan fingerprint density at radius 3 is 2.05 bits per heavy atom. The third-order valence-corrected chi connectivity index (χ3v) is 3.59. The van der Waals surface area contributed by atoms with Crippen molar-refractivity contribution in [1.82, 2.24) is 0 Å². The molecule has 0 N–H and O–H groups in total. The van der Waals surface area contributed by atoms with Gasteiger partial charge < -0.3 is 4.74 Å². The molecule has 0 bridgehead atoms. The molecule has 0 amide bonds. The fraction of sp³-hybridized carbons (Fsp3) is 0.0500. The number of carbonyl (C=O) groups is 1. The molecule has 2 nitrogen and oxygen atoms in total. The number of methoxy groups -OCH3 is 1. The van der Waals surface area contributed by atoms with E-state index in [1.54, 1.807) is 7.11 Å². The standard InChI is InChI=1S/C20H16O2/c1-22-18-14-8-13-17(19(18)15-9-4-2-5-10-15)20(21)16-11-6-3-7-12-16/h2-14H,1H3.